The van der Waals surface area contributed by atoms with Gasteiger partial charge in [-0.15, -0.1) is 11.3 Å². The Bertz CT molecular complexity index is 516. The number of aromatic nitrogens is 1. The van der Waals surface area contributed by atoms with Crippen molar-refractivity contribution in [2.75, 3.05) is 0 Å². The van der Waals surface area contributed by atoms with Crippen molar-refractivity contribution in [3.05, 3.63) is 16.1 Å². The van der Waals surface area contributed by atoms with Crippen LogP contribution in [0.2, 0.25) is 0 Å². The smallest absolute Gasteiger partial charge is 0.0944 e. The first-order chi connectivity index (χ1) is 9.99. The number of fused-ring (bicyclic) bond motifs is 5. The number of rotatable bonds is 4. The monoisotopic (exact) mass is 305 g/mol. The van der Waals surface area contributed by atoms with Gasteiger partial charge in [0.2, 0.25) is 0 Å². The van der Waals surface area contributed by atoms with Crippen molar-refractivity contribution in [1.29, 1.82) is 0 Å². The van der Waals surface area contributed by atoms with E-state index in [1.165, 1.54) is 30.0 Å². The molecule has 4 rings (SSSR count). The molecule has 0 aromatic carbocycles. The number of hydrogen-bond donors (Lipinski definition) is 2. The quantitative estimate of drug-likeness (QED) is 0.664. The third kappa shape index (κ3) is 2.27. The van der Waals surface area contributed by atoms with Crippen LogP contribution in [0.25, 0.3) is 0 Å². The Morgan fingerprint density at radius 2 is 2.00 bits per heavy atom. The maximum absolute atomic E-state index is 5.90. The predicted octanol–water partition coefficient (Wildman–Crippen LogP) is 3.11. The lowest BCUT2D eigenvalue weighted by Crippen LogP contribution is -2.40. The lowest BCUT2D eigenvalue weighted by Gasteiger charge is -2.19. The summed E-state index contributed by atoms with van der Waals surface area (Å²) in [7, 11) is 0. The molecule has 5 atom stereocenters. The summed E-state index contributed by atoms with van der Waals surface area (Å²) in [5, 5.41) is 3.47. The number of thiazole rings is 1. The Morgan fingerprint density at radius 3 is 2.52 bits per heavy atom. The molecule has 0 radical (unpaired) electrons. The van der Waals surface area contributed by atoms with Gasteiger partial charge in [-0.2, -0.15) is 0 Å². The molecule has 0 aliphatic heterocycles. The van der Waals surface area contributed by atoms with E-state index >= 15 is 0 Å². The molecule has 1 heterocycles. The fourth-order valence-corrected chi connectivity index (χ4v) is 6.25. The van der Waals surface area contributed by atoms with Crippen LogP contribution in [-0.4, -0.2) is 11.0 Å². The van der Waals surface area contributed by atoms with E-state index in [-0.39, 0.29) is 5.41 Å². The highest BCUT2D eigenvalue weighted by atomic mass is 32.1. The molecule has 3 N–H and O–H groups in total. The minimum Gasteiger partial charge on any atom is -0.271 e. The highest BCUT2D eigenvalue weighted by molar-refractivity contribution is 7.09. The number of nitrogens with zero attached hydrogens (tertiary/aromatic N) is 1. The van der Waals surface area contributed by atoms with E-state index in [0.29, 0.717) is 6.04 Å². The molecule has 3 fully saturated rings. The van der Waals surface area contributed by atoms with Gasteiger partial charge < -0.3 is 0 Å². The molecule has 5 unspecified atom stereocenters. The van der Waals surface area contributed by atoms with Gasteiger partial charge in [0.1, 0.15) is 0 Å². The van der Waals surface area contributed by atoms with Gasteiger partial charge in [0.25, 0.3) is 0 Å². The molecule has 3 nitrogen and oxygen atoms in total. The van der Waals surface area contributed by atoms with Crippen molar-refractivity contribution in [3.8, 4) is 0 Å². The van der Waals surface area contributed by atoms with Gasteiger partial charge >= 0.3 is 0 Å². The van der Waals surface area contributed by atoms with Crippen LogP contribution in [0.4, 0.5) is 0 Å². The number of nitrogens with two attached hydrogens (primary N) is 1. The van der Waals surface area contributed by atoms with Gasteiger partial charge in [-0.3, -0.25) is 11.3 Å². The average Bonchev–Trinajstić information content (AvgIpc) is 2.86. The fourth-order valence-electron chi connectivity index (χ4n) is 5.17. The zero-order valence-corrected chi connectivity index (χ0v) is 14.1. The Hall–Kier alpha value is -0.450. The number of hydrogen-bond acceptors (Lipinski definition) is 4. The maximum atomic E-state index is 5.90. The number of hydrazine groups is 1. The van der Waals surface area contributed by atoms with Gasteiger partial charge in [0.15, 0.2) is 0 Å². The first kappa shape index (κ1) is 14.2. The van der Waals surface area contributed by atoms with Crippen molar-refractivity contribution >= 4 is 11.3 Å². The van der Waals surface area contributed by atoms with E-state index in [2.05, 4.69) is 31.6 Å². The summed E-state index contributed by atoms with van der Waals surface area (Å²) in [6.45, 7) is 6.69. The summed E-state index contributed by atoms with van der Waals surface area (Å²) in [5.74, 6) is 10.7. The molecule has 1 aromatic rings. The third-order valence-corrected chi connectivity index (χ3v) is 7.06. The zero-order chi connectivity index (χ0) is 14.8. The third-order valence-electron chi connectivity index (χ3n) is 6.19. The topological polar surface area (TPSA) is 50.9 Å². The van der Waals surface area contributed by atoms with Crippen molar-refractivity contribution in [2.45, 2.75) is 57.9 Å². The Balaban J connectivity index is 1.45. The van der Waals surface area contributed by atoms with E-state index in [1.807, 2.05) is 0 Å². The lowest BCUT2D eigenvalue weighted by molar-refractivity contribution is 0.364. The highest BCUT2D eigenvalue weighted by Gasteiger charge is 2.66. The van der Waals surface area contributed by atoms with Gasteiger partial charge in [-0.25, -0.2) is 4.98 Å². The Labute approximate surface area is 131 Å². The van der Waals surface area contributed by atoms with Crippen LogP contribution in [0.3, 0.4) is 0 Å². The Morgan fingerprint density at radius 1 is 1.33 bits per heavy atom. The van der Waals surface area contributed by atoms with Crippen LogP contribution in [0, 0.1) is 29.6 Å². The first-order valence-corrected chi connectivity index (χ1v) is 9.28. The molecule has 1 aromatic heterocycles. The lowest BCUT2D eigenvalue weighted by atomic mass is 9.93. The standard InChI is InChI=1S/C17H27N3S/c1-17(2,3)12-8-21-13(19-12)7-11(20-18)16-14-9-4-5-10(6-9)15(14)16/h8-11,14-16,20H,4-7,18H2,1-3H3. The molecular weight excluding hydrogens is 278 g/mol. The summed E-state index contributed by atoms with van der Waals surface area (Å²) >= 11 is 1.80. The minimum atomic E-state index is 0.148. The molecule has 21 heavy (non-hydrogen) atoms. The van der Waals surface area contributed by atoms with Crippen LogP contribution in [0.5, 0.6) is 0 Å². The largest absolute Gasteiger partial charge is 0.271 e. The molecular formula is C17H27N3S. The predicted molar refractivity (Wildman–Crippen MR) is 86.9 cm³/mol. The molecule has 0 amide bonds. The molecule has 116 valence electrons. The molecule has 3 aliphatic carbocycles. The summed E-state index contributed by atoms with van der Waals surface area (Å²) in [4.78, 5) is 4.85. The minimum absolute atomic E-state index is 0.148. The van der Waals surface area contributed by atoms with Gasteiger partial charge in [0, 0.05) is 23.3 Å². The van der Waals surface area contributed by atoms with Gasteiger partial charge in [0.05, 0.1) is 10.7 Å². The highest BCUT2D eigenvalue weighted by Crippen LogP contribution is 2.70. The van der Waals surface area contributed by atoms with Crippen molar-refractivity contribution in [3.63, 3.8) is 0 Å². The van der Waals surface area contributed by atoms with Crippen LogP contribution >= 0.6 is 11.3 Å². The summed E-state index contributed by atoms with van der Waals surface area (Å²) in [5.41, 5.74) is 4.49. The average molecular weight is 305 g/mol. The van der Waals surface area contributed by atoms with Crippen molar-refractivity contribution < 1.29 is 0 Å². The molecule has 2 bridgehead atoms. The fraction of sp³-hybridized carbons (Fsp3) is 0.824. The van der Waals surface area contributed by atoms with Crippen molar-refractivity contribution in [2.24, 2.45) is 35.4 Å². The SMILES string of the molecule is CC(C)(C)c1csc(CC(NN)C2C3C4CCC(C4)C32)n1. The van der Waals surface area contributed by atoms with Gasteiger partial charge in [-0.1, -0.05) is 20.8 Å². The van der Waals surface area contributed by atoms with Crippen LogP contribution in [0.15, 0.2) is 5.38 Å². The van der Waals surface area contributed by atoms with Gasteiger partial charge in [-0.05, 0) is 48.9 Å². The van der Waals surface area contributed by atoms with E-state index in [9.17, 15) is 0 Å². The molecule has 3 saturated carbocycles. The Kier molecular flexibility index (Phi) is 3.22. The van der Waals surface area contributed by atoms with Crippen molar-refractivity contribution in [1.82, 2.24) is 10.4 Å². The second-order valence-electron chi connectivity index (χ2n) is 8.42. The second kappa shape index (κ2) is 4.77. The van der Waals surface area contributed by atoms with E-state index < -0.39 is 0 Å². The van der Waals surface area contributed by atoms with E-state index in [0.717, 1.165) is 36.0 Å². The van der Waals surface area contributed by atoms with Crippen LogP contribution in [-0.2, 0) is 11.8 Å². The van der Waals surface area contributed by atoms with E-state index in [1.54, 1.807) is 11.3 Å². The van der Waals surface area contributed by atoms with Crippen LogP contribution < -0.4 is 11.3 Å². The molecule has 4 heteroatoms. The van der Waals surface area contributed by atoms with E-state index in [4.69, 9.17) is 10.8 Å². The molecule has 3 aliphatic rings. The first-order valence-electron chi connectivity index (χ1n) is 8.40. The number of nitrogens with one attached hydrogen (secondary N) is 1. The summed E-state index contributed by atoms with van der Waals surface area (Å²) < 4.78 is 0. The second-order valence-corrected chi connectivity index (χ2v) is 9.36. The zero-order valence-electron chi connectivity index (χ0n) is 13.3. The summed E-state index contributed by atoms with van der Waals surface area (Å²) in [6, 6.07) is 0.433. The molecule has 0 spiro atoms. The van der Waals surface area contributed by atoms with Crippen LogP contribution in [0.1, 0.15) is 50.7 Å². The normalized spacial score (nSPS) is 38.6. The summed E-state index contributed by atoms with van der Waals surface area (Å²) in [6.07, 6.45) is 5.47. The molecule has 0 saturated heterocycles. The maximum Gasteiger partial charge on any atom is 0.0944 e.